The maximum absolute atomic E-state index is 2.38. The third-order valence-electron chi connectivity index (χ3n) is 13.1. The van der Waals surface area contributed by atoms with E-state index in [2.05, 4.69) is 254 Å². The predicted octanol–water partition coefficient (Wildman–Crippen LogP) is 16.2. The molecule has 1 spiro atoms. The third kappa shape index (κ3) is 5.56. The second-order valence-electron chi connectivity index (χ2n) is 16.4. The summed E-state index contributed by atoms with van der Waals surface area (Å²) in [6, 6.07) is 91.4. The van der Waals surface area contributed by atoms with Crippen molar-refractivity contribution in [3.05, 3.63) is 271 Å². The maximum Gasteiger partial charge on any atom is 0.0725 e. The number of para-hydroxylation sites is 1. The lowest BCUT2D eigenvalue weighted by Gasteiger charge is -2.35. The van der Waals surface area contributed by atoms with E-state index in [1.165, 1.54) is 89.0 Å². The minimum atomic E-state index is -0.506. The zero-order valence-corrected chi connectivity index (χ0v) is 34.1. The highest BCUT2D eigenvalue weighted by atomic mass is 15.1. The van der Waals surface area contributed by atoms with E-state index in [0.29, 0.717) is 0 Å². The van der Waals surface area contributed by atoms with Crippen molar-refractivity contribution in [3.8, 4) is 66.8 Å². The topological polar surface area (TPSA) is 3.24 Å². The van der Waals surface area contributed by atoms with Gasteiger partial charge in [-0.2, -0.15) is 0 Å². The van der Waals surface area contributed by atoms with E-state index in [0.717, 1.165) is 17.1 Å². The van der Waals surface area contributed by atoms with E-state index in [1.807, 2.05) is 0 Å². The van der Waals surface area contributed by atoms with Crippen LogP contribution in [0.3, 0.4) is 0 Å². The highest BCUT2D eigenvalue weighted by molar-refractivity contribution is 6.01. The molecule has 0 aliphatic heterocycles. The van der Waals surface area contributed by atoms with Crippen LogP contribution in [0.15, 0.2) is 249 Å². The van der Waals surface area contributed by atoms with Crippen LogP contribution in [0, 0.1) is 0 Å². The summed E-state index contributed by atoms with van der Waals surface area (Å²) in [5.74, 6) is 0. The smallest absolute Gasteiger partial charge is 0.0725 e. The molecule has 0 unspecified atom stereocenters. The minimum Gasteiger partial charge on any atom is -0.311 e. The van der Waals surface area contributed by atoms with E-state index in [-0.39, 0.29) is 0 Å². The number of hydrogen-bond donors (Lipinski definition) is 0. The zero-order valence-electron chi connectivity index (χ0n) is 34.1. The van der Waals surface area contributed by atoms with Crippen molar-refractivity contribution in [3.63, 3.8) is 0 Å². The molecule has 0 amide bonds. The predicted molar refractivity (Wildman–Crippen MR) is 259 cm³/mol. The van der Waals surface area contributed by atoms with Gasteiger partial charge in [0.25, 0.3) is 0 Å². The Kier molecular flexibility index (Phi) is 8.47. The lowest BCUT2D eigenvalue weighted by Crippen LogP contribution is -2.29. The quantitative estimate of drug-likeness (QED) is 0.162. The molecule has 0 saturated heterocycles. The summed E-state index contributed by atoms with van der Waals surface area (Å²) in [5, 5.41) is 0. The number of benzene rings is 10. The van der Waals surface area contributed by atoms with Crippen LogP contribution in [0.5, 0.6) is 0 Å². The van der Waals surface area contributed by atoms with Gasteiger partial charge in [-0.1, -0.05) is 212 Å². The van der Waals surface area contributed by atoms with Crippen LogP contribution in [0.25, 0.3) is 66.8 Å². The highest BCUT2D eigenvalue weighted by Crippen LogP contribution is 2.62. The zero-order chi connectivity index (χ0) is 41.0. The standard InChI is InChI=1S/C61H41N/c1-3-16-42(17-4-1)43-30-32-44(33-31-43)45-34-38-48(39-35-45)62(47-18-5-2-6-19-47)49-40-36-46(37-41-49)50-25-15-29-59-60(50)55-24-11-14-28-58(55)61(59)56-26-12-9-22-53(56)51-20-7-8-21-52(51)54-23-10-13-27-57(54)61/h1-41H. The summed E-state index contributed by atoms with van der Waals surface area (Å²) < 4.78 is 0. The largest absolute Gasteiger partial charge is 0.311 e. The van der Waals surface area contributed by atoms with Crippen molar-refractivity contribution in [1.82, 2.24) is 0 Å². The molecule has 0 saturated carbocycles. The first-order valence-electron chi connectivity index (χ1n) is 21.5. The first kappa shape index (κ1) is 35.9. The summed E-state index contributed by atoms with van der Waals surface area (Å²) >= 11 is 0. The van der Waals surface area contributed by atoms with E-state index in [1.54, 1.807) is 0 Å². The van der Waals surface area contributed by atoms with Gasteiger partial charge in [-0.3, -0.25) is 0 Å². The van der Waals surface area contributed by atoms with Crippen molar-refractivity contribution < 1.29 is 0 Å². The Morgan fingerprint density at radius 1 is 0.210 bits per heavy atom. The first-order valence-corrected chi connectivity index (χ1v) is 21.5. The monoisotopic (exact) mass is 787 g/mol. The molecule has 0 fully saturated rings. The van der Waals surface area contributed by atoms with E-state index in [4.69, 9.17) is 0 Å². The Bertz CT molecular complexity index is 3190. The molecular formula is C61H41N. The summed E-state index contributed by atoms with van der Waals surface area (Å²) in [6.07, 6.45) is 0. The number of anilines is 3. The molecule has 0 radical (unpaired) electrons. The highest BCUT2D eigenvalue weighted by Gasteiger charge is 2.50. The molecule has 0 atom stereocenters. The molecule has 0 heterocycles. The van der Waals surface area contributed by atoms with Gasteiger partial charge >= 0.3 is 0 Å². The Morgan fingerprint density at radius 3 is 1.08 bits per heavy atom. The molecule has 0 aromatic heterocycles. The maximum atomic E-state index is 2.38. The van der Waals surface area contributed by atoms with Crippen LogP contribution in [0.2, 0.25) is 0 Å². The number of rotatable bonds is 6. The van der Waals surface area contributed by atoms with Crippen molar-refractivity contribution in [2.75, 3.05) is 4.90 Å². The van der Waals surface area contributed by atoms with Gasteiger partial charge in [-0.15, -0.1) is 0 Å². The van der Waals surface area contributed by atoms with Crippen LogP contribution >= 0.6 is 0 Å². The summed E-state index contributed by atoms with van der Waals surface area (Å²) in [5.41, 5.74) is 23.1. The molecule has 290 valence electrons. The molecular weight excluding hydrogens is 747 g/mol. The normalized spacial score (nSPS) is 12.6. The molecule has 0 bridgehead atoms. The van der Waals surface area contributed by atoms with Gasteiger partial charge in [0.1, 0.15) is 0 Å². The first-order chi connectivity index (χ1) is 30.8. The van der Waals surface area contributed by atoms with E-state index >= 15 is 0 Å². The lowest BCUT2D eigenvalue weighted by atomic mass is 9.66. The molecule has 12 rings (SSSR count). The van der Waals surface area contributed by atoms with Gasteiger partial charge in [0.2, 0.25) is 0 Å². The van der Waals surface area contributed by atoms with Crippen LogP contribution in [0.1, 0.15) is 22.3 Å². The molecule has 1 nitrogen and oxygen atoms in total. The number of fused-ring (bicyclic) bond motifs is 12. The fourth-order valence-corrected chi connectivity index (χ4v) is 10.4. The van der Waals surface area contributed by atoms with Crippen molar-refractivity contribution in [2.45, 2.75) is 5.41 Å². The average Bonchev–Trinajstić information content (AvgIpc) is 3.60. The molecule has 62 heavy (non-hydrogen) atoms. The molecule has 2 aliphatic rings. The molecule has 2 aliphatic carbocycles. The Hall–Kier alpha value is -8.00. The van der Waals surface area contributed by atoms with Crippen LogP contribution in [0.4, 0.5) is 17.1 Å². The van der Waals surface area contributed by atoms with Gasteiger partial charge in [-0.25, -0.2) is 0 Å². The van der Waals surface area contributed by atoms with Crippen molar-refractivity contribution in [2.24, 2.45) is 0 Å². The van der Waals surface area contributed by atoms with Gasteiger partial charge in [0.05, 0.1) is 5.41 Å². The fraction of sp³-hybridized carbons (Fsp3) is 0.0164. The molecule has 10 aromatic rings. The average molecular weight is 788 g/mol. The number of hydrogen-bond acceptors (Lipinski definition) is 1. The second kappa shape index (κ2) is 14.6. The van der Waals surface area contributed by atoms with Crippen molar-refractivity contribution >= 4 is 17.1 Å². The molecule has 1 heteroatoms. The molecule has 10 aromatic carbocycles. The summed E-state index contributed by atoms with van der Waals surface area (Å²) in [7, 11) is 0. The van der Waals surface area contributed by atoms with Gasteiger partial charge in [0, 0.05) is 17.1 Å². The van der Waals surface area contributed by atoms with Gasteiger partial charge in [0.15, 0.2) is 0 Å². The fourth-order valence-electron chi connectivity index (χ4n) is 10.4. The van der Waals surface area contributed by atoms with Gasteiger partial charge < -0.3 is 4.90 Å². The van der Waals surface area contributed by atoms with Crippen LogP contribution in [-0.2, 0) is 5.41 Å². The Morgan fingerprint density at radius 2 is 0.548 bits per heavy atom. The third-order valence-corrected chi connectivity index (χ3v) is 13.1. The lowest BCUT2D eigenvalue weighted by molar-refractivity contribution is 0.775. The number of nitrogens with zero attached hydrogens (tertiary/aromatic N) is 1. The van der Waals surface area contributed by atoms with E-state index < -0.39 is 5.41 Å². The van der Waals surface area contributed by atoms with Crippen LogP contribution < -0.4 is 4.90 Å². The van der Waals surface area contributed by atoms with E-state index in [9.17, 15) is 0 Å². The summed E-state index contributed by atoms with van der Waals surface area (Å²) in [6.45, 7) is 0. The minimum absolute atomic E-state index is 0.506. The SMILES string of the molecule is c1ccc(-c2ccc(-c3ccc(N(c4ccccc4)c4ccc(-c5cccc6c5-c5ccccc5C65c6ccccc6-c6ccccc6-c6ccccc65)cc4)cc3)cc2)cc1. The summed E-state index contributed by atoms with van der Waals surface area (Å²) in [4.78, 5) is 2.35. The van der Waals surface area contributed by atoms with Gasteiger partial charge in [-0.05, 0) is 125 Å². The van der Waals surface area contributed by atoms with Crippen molar-refractivity contribution in [1.29, 1.82) is 0 Å². The Labute approximate surface area is 363 Å². The Balaban J connectivity index is 0.965. The van der Waals surface area contributed by atoms with Crippen LogP contribution in [-0.4, -0.2) is 0 Å². The molecule has 0 N–H and O–H groups in total. The second-order valence-corrected chi connectivity index (χ2v) is 16.4.